The summed E-state index contributed by atoms with van der Waals surface area (Å²) in [4.78, 5) is 26.7. The number of amides is 3. The van der Waals surface area contributed by atoms with Crippen LogP contribution in [0.1, 0.15) is 10.4 Å². The molecule has 8 heteroatoms. The molecule has 0 unspecified atom stereocenters. The van der Waals surface area contributed by atoms with Crippen molar-refractivity contribution in [1.29, 1.82) is 0 Å². The zero-order chi connectivity index (χ0) is 16.7. The fraction of sp³-hybridized carbons (Fsp3) is 0.133. The fourth-order valence-electron chi connectivity index (χ4n) is 1.72. The number of nitrogens with one attached hydrogen (secondary N) is 1. The molecule has 0 saturated carbocycles. The maximum Gasteiger partial charge on any atom is 0.338 e. The minimum atomic E-state index is -0.981. The highest BCUT2D eigenvalue weighted by atomic mass is 16.5. The van der Waals surface area contributed by atoms with Crippen molar-refractivity contribution >= 4 is 11.9 Å². The first-order valence-corrected chi connectivity index (χ1v) is 6.79. The summed E-state index contributed by atoms with van der Waals surface area (Å²) in [6.07, 6.45) is 1.60. The van der Waals surface area contributed by atoms with Crippen molar-refractivity contribution in [3.8, 4) is 11.6 Å². The molecule has 3 amide bonds. The molecular formula is C15H16N4O4. The van der Waals surface area contributed by atoms with Crippen molar-refractivity contribution < 1.29 is 19.5 Å². The molecule has 0 spiro atoms. The van der Waals surface area contributed by atoms with Crippen LogP contribution in [0.25, 0.3) is 0 Å². The van der Waals surface area contributed by atoms with E-state index >= 15 is 0 Å². The molecule has 0 aliphatic rings. The van der Waals surface area contributed by atoms with Crippen LogP contribution in [0.2, 0.25) is 0 Å². The van der Waals surface area contributed by atoms with E-state index in [-0.39, 0.29) is 19.0 Å². The zero-order valence-electron chi connectivity index (χ0n) is 12.2. The van der Waals surface area contributed by atoms with Crippen LogP contribution in [0, 0.1) is 0 Å². The normalized spacial score (nSPS) is 9.96. The number of carbonyl (C=O) groups is 2. The Balaban J connectivity index is 1.93. The third-order valence-corrected chi connectivity index (χ3v) is 2.82. The summed E-state index contributed by atoms with van der Waals surface area (Å²) in [6.45, 7) is -0.0468. The Hall–Kier alpha value is -3.13. The standard InChI is InChI=1S/C15H16N4O4/c16-15(21)19(22)9-8-18-14(20)11-4-3-5-12(10-11)23-13-6-1-2-7-17-13/h1-7,10,22H,8-9H2,(H2,16,21)(H,18,20). The van der Waals surface area contributed by atoms with Gasteiger partial charge in [0, 0.05) is 24.4 Å². The summed E-state index contributed by atoms with van der Waals surface area (Å²) >= 11 is 0. The van der Waals surface area contributed by atoms with Crippen LogP contribution >= 0.6 is 0 Å². The summed E-state index contributed by atoms with van der Waals surface area (Å²) in [5, 5.41) is 12.0. The van der Waals surface area contributed by atoms with E-state index in [0.717, 1.165) is 0 Å². The molecule has 0 aliphatic heterocycles. The molecule has 1 aromatic carbocycles. The van der Waals surface area contributed by atoms with Crippen LogP contribution in [0.5, 0.6) is 11.6 Å². The number of aromatic nitrogens is 1. The van der Waals surface area contributed by atoms with Crippen LogP contribution in [-0.2, 0) is 0 Å². The molecular weight excluding hydrogens is 300 g/mol. The molecule has 1 aromatic heterocycles. The smallest absolute Gasteiger partial charge is 0.338 e. The second kappa shape index (κ2) is 7.76. The van der Waals surface area contributed by atoms with Gasteiger partial charge in [0.15, 0.2) is 0 Å². The van der Waals surface area contributed by atoms with E-state index in [2.05, 4.69) is 10.3 Å². The molecule has 120 valence electrons. The van der Waals surface area contributed by atoms with Crippen molar-refractivity contribution in [1.82, 2.24) is 15.4 Å². The number of nitrogens with two attached hydrogens (primary N) is 1. The third kappa shape index (κ3) is 4.97. The second-order valence-electron chi connectivity index (χ2n) is 4.52. The molecule has 23 heavy (non-hydrogen) atoms. The molecule has 2 aromatic rings. The monoisotopic (exact) mass is 316 g/mol. The minimum absolute atomic E-state index is 0.0591. The Labute approximate surface area is 132 Å². The first kappa shape index (κ1) is 16.2. The molecule has 0 bridgehead atoms. The fourth-order valence-corrected chi connectivity index (χ4v) is 1.72. The molecule has 8 nitrogen and oxygen atoms in total. The molecule has 0 fully saturated rings. The van der Waals surface area contributed by atoms with Gasteiger partial charge in [0.1, 0.15) is 5.75 Å². The van der Waals surface area contributed by atoms with Gasteiger partial charge in [-0.15, -0.1) is 0 Å². The number of hydrogen-bond acceptors (Lipinski definition) is 5. The van der Waals surface area contributed by atoms with Crippen LogP contribution in [0.4, 0.5) is 4.79 Å². The molecule has 4 N–H and O–H groups in total. The van der Waals surface area contributed by atoms with Crippen LogP contribution in [0.15, 0.2) is 48.7 Å². The van der Waals surface area contributed by atoms with Gasteiger partial charge in [0.2, 0.25) is 5.88 Å². The number of hydroxylamine groups is 2. The van der Waals surface area contributed by atoms with Gasteiger partial charge in [-0.25, -0.2) is 14.8 Å². The number of benzene rings is 1. The minimum Gasteiger partial charge on any atom is -0.439 e. The number of nitrogens with zero attached hydrogens (tertiary/aromatic N) is 2. The average molecular weight is 316 g/mol. The predicted octanol–water partition coefficient (Wildman–Crippen LogP) is 1.37. The Kier molecular flexibility index (Phi) is 5.48. The number of rotatable bonds is 6. The van der Waals surface area contributed by atoms with Crippen molar-refractivity contribution in [2.75, 3.05) is 13.1 Å². The lowest BCUT2D eigenvalue weighted by Gasteiger charge is -2.12. The maximum absolute atomic E-state index is 12.0. The van der Waals surface area contributed by atoms with Crippen LogP contribution in [0.3, 0.4) is 0 Å². The van der Waals surface area contributed by atoms with E-state index in [1.54, 1.807) is 48.7 Å². The third-order valence-electron chi connectivity index (χ3n) is 2.82. The van der Waals surface area contributed by atoms with Crippen LogP contribution < -0.4 is 15.8 Å². The molecule has 2 rings (SSSR count). The van der Waals surface area contributed by atoms with Gasteiger partial charge in [0.05, 0.1) is 6.54 Å². The van der Waals surface area contributed by atoms with Gasteiger partial charge >= 0.3 is 6.03 Å². The Morgan fingerprint density at radius 3 is 2.78 bits per heavy atom. The van der Waals surface area contributed by atoms with E-state index in [4.69, 9.17) is 15.7 Å². The number of urea groups is 1. The SMILES string of the molecule is NC(=O)N(O)CCNC(=O)c1cccc(Oc2ccccn2)c1. The van der Waals surface area contributed by atoms with E-state index in [9.17, 15) is 9.59 Å². The van der Waals surface area contributed by atoms with Crippen molar-refractivity contribution in [3.05, 3.63) is 54.2 Å². The quantitative estimate of drug-likeness (QED) is 0.549. The molecule has 0 atom stereocenters. The average Bonchev–Trinajstić information content (AvgIpc) is 2.55. The van der Waals surface area contributed by atoms with E-state index in [1.807, 2.05) is 0 Å². The Morgan fingerprint density at radius 2 is 2.09 bits per heavy atom. The summed E-state index contributed by atoms with van der Waals surface area (Å²) in [5.74, 6) is 0.522. The topological polar surface area (TPSA) is 118 Å². The Bertz CT molecular complexity index is 678. The lowest BCUT2D eigenvalue weighted by atomic mass is 10.2. The second-order valence-corrected chi connectivity index (χ2v) is 4.52. The van der Waals surface area contributed by atoms with Crippen molar-refractivity contribution in [2.24, 2.45) is 5.73 Å². The van der Waals surface area contributed by atoms with E-state index in [0.29, 0.717) is 22.3 Å². The van der Waals surface area contributed by atoms with E-state index in [1.165, 1.54) is 0 Å². The number of primary amides is 1. The highest BCUT2D eigenvalue weighted by Gasteiger charge is 2.09. The summed E-state index contributed by atoms with van der Waals surface area (Å²) in [7, 11) is 0. The van der Waals surface area contributed by atoms with Gasteiger partial charge in [-0.05, 0) is 24.3 Å². The first-order valence-electron chi connectivity index (χ1n) is 6.79. The van der Waals surface area contributed by atoms with Gasteiger partial charge < -0.3 is 15.8 Å². The summed E-state index contributed by atoms with van der Waals surface area (Å²) in [5.41, 5.74) is 5.24. The van der Waals surface area contributed by atoms with Gasteiger partial charge in [0.25, 0.3) is 5.91 Å². The molecule has 0 saturated heterocycles. The largest absolute Gasteiger partial charge is 0.439 e. The maximum atomic E-state index is 12.0. The van der Waals surface area contributed by atoms with Crippen molar-refractivity contribution in [3.63, 3.8) is 0 Å². The van der Waals surface area contributed by atoms with Crippen molar-refractivity contribution in [2.45, 2.75) is 0 Å². The lowest BCUT2D eigenvalue weighted by molar-refractivity contribution is -0.0376. The number of ether oxygens (including phenoxy) is 1. The predicted molar refractivity (Wildman–Crippen MR) is 81.2 cm³/mol. The summed E-state index contributed by atoms with van der Waals surface area (Å²) < 4.78 is 5.54. The van der Waals surface area contributed by atoms with Gasteiger partial charge in [-0.3, -0.25) is 10.0 Å². The highest BCUT2D eigenvalue weighted by molar-refractivity contribution is 5.94. The van der Waals surface area contributed by atoms with E-state index < -0.39 is 6.03 Å². The Morgan fingerprint density at radius 1 is 1.26 bits per heavy atom. The van der Waals surface area contributed by atoms with Crippen LogP contribution in [-0.4, -0.2) is 40.3 Å². The molecule has 0 aliphatic carbocycles. The molecule has 1 heterocycles. The number of hydrogen-bond donors (Lipinski definition) is 3. The zero-order valence-corrected chi connectivity index (χ0v) is 12.2. The summed E-state index contributed by atoms with van der Waals surface area (Å²) in [6, 6.07) is 10.8. The number of pyridine rings is 1. The highest BCUT2D eigenvalue weighted by Crippen LogP contribution is 2.19. The number of carbonyl (C=O) groups excluding carboxylic acids is 2. The van der Waals surface area contributed by atoms with Gasteiger partial charge in [-0.2, -0.15) is 0 Å². The lowest BCUT2D eigenvalue weighted by Crippen LogP contribution is -2.39. The molecule has 0 radical (unpaired) electrons. The van der Waals surface area contributed by atoms with Gasteiger partial charge in [-0.1, -0.05) is 12.1 Å². The first-order chi connectivity index (χ1) is 11.1.